The summed E-state index contributed by atoms with van der Waals surface area (Å²) in [6, 6.07) is 4.03. The van der Waals surface area contributed by atoms with Crippen molar-refractivity contribution < 1.29 is 14.8 Å². The molecule has 1 aliphatic rings. The van der Waals surface area contributed by atoms with Crippen molar-refractivity contribution in [3.05, 3.63) is 33.9 Å². The molecule has 0 saturated heterocycles. The normalized spacial score (nSPS) is 16.8. The molecule has 6 heteroatoms. The maximum atomic E-state index is 11.3. The van der Waals surface area contributed by atoms with Crippen molar-refractivity contribution in [1.82, 2.24) is 0 Å². The van der Waals surface area contributed by atoms with Crippen molar-refractivity contribution in [2.45, 2.75) is 51.0 Å². The molecule has 0 bridgehead atoms. The summed E-state index contributed by atoms with van der Waals surface area (Å²) in [5, 5.41) is 23.3. The Labute approximate surface area is 123 Å². The Morgan fingerprint density at radius 3 is 2.38 bits per heavy atom. The summed E-state index contributed by atoms with van der Waals surface area (Å²) < 4.78 is 0. The van der Waals surface area contributed by atoms with Crippen LogP contribution < -0.4 is 5.32 Å². The number of hydrogen-bond acceptors (Lipinski definition) is 4. The Kier molecular flexibility index (Phi) is 5.14. The number of nitrogens with one attached hydrogen (secondary N) is 1. The summed E-state index contributed by atoms with van der Waals surface area (Å²) in [5.41, 5.74) is 0.346. The Hall–Kier alpha value is -2.11. The first-order valence-corrected chi connectivity index (χ1v) is 7.36. The Morgan fingerprint density at radius 1 is 1.19 bits per heavy atom. The fourth-order valence-corrected chi connectivity index (χ4v) is 2.77. The topological polar surface area (TPSA) is 92.5 Å². The highest BCUT2D eigenvalue weighted by Gasteiger charge is 2.18. The van der Waals surface area contributed by atoms with Crippen molar-refractivity contribution in [3.8, 4) is 0 Å². The number of carboxylic acid groups (broad SMARTS) is 1. The summed E-state index contributed by atoms with van der Waals surface area (Å²) in [5.74, 6) is -1.07. The van der Waals surface area contributed by atoms with Crippen LogP contribution in [0.3, 0.4) is 0 Å². The first-order chi connectivity index (χ1) is 10.1. The van der Waals surface area contributed by atoms with Gasteiger partial charge in [-0.2, -0.15) is 0 Å². The van der Waals surface area contributed by atoms with Gasteiger partial charge in [0.05, 0.1) is 16.2 Å². The van der Waals surface area contributed by atoms with Crippen LogP contribution in [-0.2, 0) is 0 Å². The lowest BCUT2D eigenvalue weighted by atomic mass is 9.96. The molecule has 114 valence electrons. The molecule has 1 saturated carbocycles. The number of aromatic carboxylic acids is 1. The molecule has 0 radical (unpaired) electrons. The number of hydrogen-bond donors (Lipinski definition) is 2. The third kappa shape index (κ3) is 4.18. The van der Waals surface area contributed by atoms with Crippen LogP contribution >= 0.6 is 0 Å². The number of non-ortho nitro benzene ring substituents is 1. The van der Waals surface area contributed by atoms with Gasteiger partial charge in [-0.1, -0.05) is 32.1 Å². The van der Waals surface area contributed by atoms with E-state index in [-0.39, 0.29) is 17.3 Å². The maximum absolute atomic E-state index is 11.3. The van der Waals surface area contributed by atoms with Crippen LogP contribution in [0.5, 0.6) is 0 Å². The standard InChI is InChI=1S/C15H20N2O4/c18-15(19)13-9-8-12(17(20)21)10-14(13)16-11-6-4-2-1-3-5-7-11/h8-11,16H,1-7H2,(H,18,19). The first kappa shape index (κ1) is 15.3. The van der Waals surface area contributed by atoms with Crippen LogP contribution in [0.25, 0.3) is 0 Å². The zero-order valence-electron chi connectivity index (χ0n) is 11.9. The van der Waals surface area contributed by atoms with E-state index in [2.05, 4.69) is 5.32 Å². The van der Waals surface area contributed by atoms with E-state index in [1.165, 1.54) is 37.5 Å². The highest BCUT2D eigenvalue weighted by atomic mass is 16.6. The lowest BCUT2D eigenvalue weighted by Crippen LogP contribution is -2.22. The minimum Gasteiger partial charge on any atom is -0.478 e. The highest BCUT2D eigenvalue weighted by molar-refractivity contribution is 5.94. The molecule has 0 spiro atoms. The third-order valence-electron chi connectivity index (χ3n) is 3.91. The first-order valence-electron chi connectivity index (χ1n) is 7.36. The molecular weight excluding hydrogens is 272 g/mol. The molecule has 0 atom stereocenters. The molecular formula is C15H20N2O4. The number of anilines is 1. The van der Waals surface area contributed by atoms with Crippen LogP contribution in [0.15, 0.2) is 18.2 Å². The Balaban J connectivity index is 2.20. The monoisotopic (exact) mass is 292 g/mol. The summed E-state index contributed by atoms with van der Waals surface area (Å²) in [4.78, 5) is 21.6. The molecule has 0 amide bonds. The van der Waals surface area contributed by atoms with Crippen molar-refractivity contribution in [1.29, 1.82) is 0 Å². The van der Waals surface area contributed by atoms with Crippen molar-refractivity contribution in [2.75, 3.05) is 5.32 Å². The number of rotatable bonds is 4. The average molecular weight is 292 g/mol. The molecule has 0 aromatic heterocycles. The largest absolute Gasteiger partial charge is 0.478 e. The summed E-state index contributed by atoms with van der Waals surface area (Å²) in [6.45, 7) is 0. The van der Waals surface area contributed by atoms with Crippen LogP contribution in [0, 0.1) is 10.1 Å². The molecule has 0 aliphatic heterocycles. The predicted octanol–water partition coefficient (Wildman–Crippen LogP) is 3.82. The molecule has 1 aromatic rings. The second-order valence-electron chi connectivity index (χ2n) is 5.48. The lowest BCUT2D eigenvalue weighted by molar-refractivity contribution is -0.384. The van der Waals surface area contributed by atoms with E-state index in [0.29, 0.717) is 5.69 Å². The molecule has 0 unspecified atom stereocenters. The SMILES string of the molecule is O=C(O)c1ccc([N+](=O)[O-])cc1NC1CCCCCCC1. The van der Waals surface area contributed by atoms with Gasteiger partial charge in [0.25, 0.3) is 5.69 Å². The zero-order chi connectivity index (χ0) is 15.2. The van der Waals surface area contributed by atoms with Gasteiger partial charge in [-0.05, 0) is 18.9 Å². The maximum Gasteiger partial charge on any atom is 0.337 e. The number of benzene rings is 1. The molecule has 6 nitrogen and oxygen atoms in total. The molecule has 0 heterocycles. The minimum absolute atomic E-state index is 0.0858. The van der Waals surface area contributed by atoms with Gasteiger partial charge in [-0.15, -0.1) is 0 Å². The Bertz CT molecular complexity index is 522. The highest BCUT2D eigenvalue weighted by Crippen LogP contribution is 2.26. The van der Waals surface area contributed by atoms with Gasteiger partial charge in [0.15, 0.2) is 0 Å². The number of carboxylic acids is 1. The summed E-state index contributed by atoms with van der Waals surface area (Å²) in [6.07, 6.45) is 7.80. The summed E-state index contributed by atoms with van der Waals surface area (Å²) in [7, 11) is 0. The van der Waals surface area contributed by atoms with E-state index in [1.807, 2.05) is 0 Å². The van der Waals surface area contributed by atoms with E-state index in [1.54, 1.807) is 0 Å². The van der Waals surface area contributed by atoms with Gasteiger partial charge in [-0.25, -0.2) is 4.79 Å². The van der Waals surface area contributed by atoms with E-state index in [0.717, 1.165) is 25.7 Å². The van der Waals surface area contributed by atoms with Crippen LogP contribution in [0.1, 0.15) is 55.3 Å². The van der Waals surface area contributed by atoms with E-state index >= 15 is 0 Å². The summed E-state index contributed by atoms with van der Waals surface area (Å²) >= 11 is 0. The molecule has 1 aliphatic carbocycles. The van der Waals surface area contributed by atoms with Gasteiger partial charge < -0.3 is 10.4 Å². The fraction of sp³-hybridized carbons (Fsp3) is 0.533. The molecule has 1 fully saturated rings. The number of nitro benzene ring substituents is 1. The van der Waals surface area contributed by atoms with Gasteiger partial charge in [0, 0.05) is 18.2 Å². The average Bonchev–Trinajstić information content (AvgIpc) is 2.41. The zero-order valence-corrected chi connectivity index (χ0v) is 11.9. The van der Waals surface area contributed by atoms with Gasteiger partial charge in [0.2, 0.25) is 0 Å². The van der Waals surface area contributed by atoms with Crippen LogP contribution in [-0.4, -0.2) is 22.0 Å². The quantitative estimate of drug-likeness (QED) is 0.650. The van der Waals surface area contributed by atoms with E-state index in [4.69, 9.17) is 0 Å². The molecule has 2 rings (SSSR count). The van der Waals surface area contributed by atoms with Crippen LogP contribution in [0.2, 0.25) is 0 Å². The van der Waals surface area contributed by atoms with Crippen LogP contribution in [0.4, 0.5) is 11.4 Å². The minimum atomic E-state index is -1.07. The molecule has 1 aromatic carbocycles. The van der Waals surface area contributed by atoms with Gasteiger partial charge in [0.1, 0.15) is 0 Å². The number of nitrogens with zero attached hydrogens (tertiary/aromatic N) is 1. The van der Waals surface area contributed by atoms with E-state index < -0.39 is 10.9 Å². The predicted molar refractivity (Wildman–Crippen MR) is 79.8 cm³/mol. The van der Waals surface area contributed by atoms with Crippen molar-refractivity contribution in [3.63, 3.8) is 0 Å². The van der Waals surface area contributed by atoms with Gasteiger partial charge in [-0.3, -0.25) is 10.1 Å². The number of carbonyl (C=O) groups is 1. The third-order valence-corrected chi connectivity index (χ3v) is 3.91. The van der Waals surface area contributed by atoms with Gasteiger partial charge >= 0.3 is 5.97 Å². The number of nitro groups is 1. The molecule has 21 heavy (non-hydrogen) atoms. The molecule has 2 N–H and O–H groups in total. The lowest BCUT2D eigenvalue weighted by Gasteiger charge is -2.22. The fourth-order valence-electron chi connectivity index (χ4n) is 2.77. The van der Waals surface area contributed by atoms with E-state index in [9.17, 15) is 20.0 Å². The Morgan fingerprint density at radius 2 is 1.81 bits per heavy atom. The van der Waals surface area contributed by atoms with Crippen molar-refractivity contribution in [2.24, 2.45) is 0 Å². The van der Waals surface area contributed by atoms with Crippen molar-refractivity contribution >= 4 is 17.3 Å². The second-order valence-corrected chi connectivity index (χ2v) is 5.48. The smallest absolute Gasteiger partial charge is 0.337 e. The second kappa shape index (κ2) is 7.06.